The molecule has 1 amide bonds. The number of nitrogens with two attached hydrogens (primary N) is 1. The van der Waals surface area contributed by atoms with E-state index in [1.165, 1.54) is 21.3 Å². The minimum Gasteiger partial charge on any atom is -0.496 e. The van der Waals surface area contributed by atoms with Gasteiger partial charge in [-0.25, -0.2) is 0 Å². The van der Waals surface area contributed by atoms with Gasteiger partial charge in [0.15, 0.2) is 11.5 Å². The van der Waals surface area contributed by atoms with Gasteiger partial charge in [-0.1, -0.05) is 0 Å². The van der Waals surface area contributed by atoms with E-state index in [2.05, 4.69) is 5.32 Å². The first-order valence-corrected chi connectivity index (χ1v) is 6.19. The summed E-state index contributed by atoms with van der Waals surface area (Å²) in [6.07, 6.45) is 0. The smallest absolute Gasteiger partial charge is 0.255 e. The predicted molar refractivity (Wildman–Crippen MR) is 76.7 cm³/mol. The van der Waals surface area contributed by atoms with E-state index in [0.717, 1.165) is 0 Å². The zero-order valence-electron chi connectivity index (χ0n) is 12.6. The Labute approximate surface area is 119 Å². The SMILES string of the molecule is COc1cc(OC)c(C(=O)NCC(C)(C)N)cc1OC. The molecule has 112 valence electrons. The predicted octanol–water partition coefficient (Wildman–Crippen LogP) is 1.18. The van der Waals surface area contributed by atoms with Crippen LogP contribution in [0.3, 0.4) is 0 Å². The Kier molecular flexibility index (Phi) is 5.21. The molecule has 1 aromatic carbocycles. The summed E-state index contributed by atoms with van der Waals surface area (Å²) in [6.45, 7) is 4.02. The Balaban J connectivity index is 3.06. The largest absolute Gasteiger partial charge is 0.496 e. The van der Waals surface area contributed by atoms with Gasteiger partial charge < -0.3 is 25.3 Å². The molecular weight excluding hydrogens is 260 g/mol. The van der Waals surface area contributed by atoms with Crippen molar-refractivity contribution in [2.24, 2.45) is 5.73 Å². The molecule has 0 saturated carbocycles. The Morgan fingerprint density at radius 2 is 1.60 bits per heavy atom. The molecule has 1 aromatic rings. The van der Waals surface area contributed by atoms with E-state index >= 15 is 0 Å². The second-order valence-electron chi connectivity index (χ2n) is 5.08. The van der Waals surface area contributed by atoms with Gasteiger partial charge in [-0.05, 0) is 13.8 Å². The van der Waals surface area contributed by atoms with Crippen molar-refractivity contribution in [3.8, 4) is 17.2 Å². The molecule has 0 radical (unpaired) electrons. The summed E-state index contributed by atoms with van der Waals surface area (Å²) in [5.74, 6) is 1.10. The Hall–Kier alpha value is -1.95. The zero-order chi connectivity index (χ0) is 15.3. The van der Waals surface area contributed by atoms with Gasteiger partial charge in [0.25, 0.3) is 5.91 Å². The van der Waals surface area contributed by atoms with E-state index in [1.54, 1.807) is 12.1 Å². The van der Waals surface area contributed by atoms with Crippen molar-refractivity contribution < 1.29 is 19.0 Å². The fourth-order valence-electron chi connectivity index (χ4n) is 1.61. The number of rotatable bonds is 6. The van der Waals surface area contributed by atoms with Crippen molar-refractivity contribution in [3.05, 3.63) is 17.7 Å². The van der Waals surface area contributed by atoms with Crippen LogP contribution in [-0.2, 0) is 0 Å². The molecule has 0 bridgehead atoms. The van der Waals surface area contributed by atoms with Gasteiger partial charge in [-0.2, -0.15) is 0 Å². The van der Waals surface area contributed by atoms with Crippen molar-refractivity contribution in [1.29, 1.82) is 0 Å². The first kappa shape index (κ1) is 16.1. The number of hydrogen-bond acceptors (Lipinski definition) is 5. The molecule has 20 heavy (non-hydrogen) atoms. The lowest BCUT2D eigenvalue weighted by molar-refractivity contribution is 0.0942. The van der Waals surface area contributed by atoms with Crippen LogP contribution in [0.5, 0.6) is 17.2 Å². The molecule has 0 aliphatic carbocycles. The number of nitrogens with one attached hydrogen (secondary N) is 1. The lowest BCUT2D eigenvalue weighted by Crippen LogP contribution is -2.45. The molecule has 0 unspecified atom stereocenters. The van der Waals surface area contributed by atoms with E-state index < -0.39 is 5.54 Å². The van der Waals surface area contributed by atoms with Crippen molar-refractivity contribution in [2.75, 3.05) is 27.9 Å². The molecule has 6 heteroatoms. The molecule has 0 fully saturated rings. The lowest BCUT2D eigenvalue weighted by Gasteiger charge is -2.20. The third-order valence-corrected chi connectivity index (χ3v) is 2.65. The fourth-order valence-corrected chi connectivity index (χ4v) is 1.61. The molecule has 0 saturated heterocycles. The van der Waals surface area contributed by atoms with E-state index in [1.807, 2.05) is 13.8 Å². The van der Waals surface area contributed by atoms with Gasteiger partial charge in [0.05, 0.1) is 26.9 Å². The van der Waals surface area contributed by atoms with Crippen LogP contribution in [-0.4, -0.2) is 39.3 Å². The van der Waals surface area contributed by atoms with Crippen LogP contribution in [0.1, 0.15) is 24.2 Å². The quantitative estimate of drug-likeness (QED) is 0.818. The third-order valence-electron chi connectivity index (χ3n) is 2.65. The van der Waals surface area contributed by atoms with Crippen molar-refractivity contribution in [3.63, 3.8) is 0 Å². The number of hydrogen-bond donors (Lipinski definition) is 2. The number of amides is 1. The Morgan fingerprint density at radius 3 is 2.05 bits per heavy atom. The van der Waals surface area contributed by atoms with Gasteiger partial charge in [-0.3, -0.25) is 4.79 Å². The van der Waals surface area contributed by atoms with Gasteiger partial charge in [0, 0.05) is 24.2 Å². The number of benzene rings is 1. The minimum absolute atomic E-state index is 0.277. The average molecular weight is 282 g/mol. The average Bonchev–Trinajstić information content (AvgIpc) is 2.42. The number of carbonyl (C=O) groups excluding carboxylic acids is 1. The topological polar surface area (TPSA) is 82.8 Å². The van der Waals surface area contributed by atoms with Crippen LogP contribution in [0.25, 0.3) is 0 Å². The minimum atomic E-state index is -0.487. The van der Waals surface area contributed by atoms with Crippen molar-refractivity contribution in [2.45, 2.75) is 19.4 Å². The van der Waals surface area contributed by atoms with Crippen LogP contribution in [0, 0.1) is 0 Å². The van der Waals surface area contributed by atoms with Crippen molar-refractivity contribution >= 4 is 5.91 Å². The van der Waals surface area contributed by atoms with Crippen LogP contribution >= 0.6 is 0 Å². The summed E-state index contributed by atoms with van der Waals surface area (Å²) in [6, 6.07) is 3.19. The fraction of sp³-hybridized carbons (Fsp3) is 0.500. The van der Waals surface area contributed by atoms with Crippen LogP contribution in [0.15, 0.2) is 12.1 Å². The Bertz CT molecular complexity index is 481. The highest BCUT2D eigenvalue weighted by atomic mass is 16.5. The molecule has 0 spiro atoms. The van der Waals surface area contributed by atoms with Gasteiger partial charge in [0.2, 0.25) is 0 Å². The molecule has 3 N–H and O–H groups in total. The summed E-state index contributed by atoms with van der Waals surface area (Å²) in [5, 5.41) is 2.76. The molecular formula is C14H22N2O4. The van der Waals surface area contributed by atoms with Gasteiger partial charge in [-0.15, -0.1) is 0 Å². The monoisotopic (exact) mass is 282 g/mol. The standard InChI is InChI=1S/C14H22N2O4/c1-14(2,15)8-16-13(17)9-6-11(19-4)12(20-5)7-10(9)18-3/h6-7H,8,15H2,1-5H3,(H,16,17). The normalized spacial score (nSPS) is 10.9. The highest BCUT2D eigenvalue weighted by molar-refractivity contribution is 5.97. The van der Waals surface area contributed by atoms with E-state index in [9.17, 15) is 4.79 Å². The van der Waals surface area contributed by atoms with E-state index in [4.69, 9.17) is 19.9 Å². The maximum atomic E-state index is 12.2. The number of carbonyl (C=O) groups is 1. The maximum absolute atomic E-state index is 12.2. The summed E-state index contributed by atoms with van der Waals surface area (Å²) in [7, 11) is 4.52. The Morgan fingerprint density at radius 1 is 1.10 bits per heavy atom. The summed E-state index contributed by atoms with van der Waals surface area (Å²) < 4.78 is 15.6. The van der Waals surface area contributed by atoms with Crippen LogP contribution in [0.4, 0.5) is 0 Å². The molecule has 0 heterocycles. The summed E-state index contributed by atoms with van der Waals surface area (Å²) >= 11 is 0. The van der Waals surface area contributed by atoms with Gasteiger partial charge in [0.1, 0.15) is 5.75 Å². The number of ether oxygens (including phenoxy) is 3. The second kappa shape index (κ2) is 6.47. The van der Waals surface area contributed by atoms with E-state index in [-0.39, 0.29) is 5.91 Å². The zero-order valence-corrected chi connectivity index (χ0v) is 12.6. The van der Waals surface area contributed by atoms with Crippen LogP contribution in [0.2, 0.25) is 0 Å². The lowest BCUT2D eigenvalue weighted by atomic mass is 10.1. The first-order chi connectivity index (χ1) is 9.32. The van der Waals surface area contributed by atoms with E-state index in [0.29, 0.717) is 29.4 Å². The highest BCUT2D eigenvalue weighted by Crippen LogP contribution is 2.34. The first-order valence-electron chi connectivity index (χ1n) is 6.19. The maximum Gasteiger partial charge on any atom is 0.255 e. The molecule has 0 aliphatic rings. The molecule has 0 atom stereocenters. The molecule has 0 aromatic heterocycles. The van der Waals surface area contributed by atoms with Gasteiger partial charge >= 0.3 is 0 Å². The molecule has 6 nitrogen and oxygen atoms in total. The summed E-state index contributed by atoms with van der Waals surface area (Å²) in [5.41, 5.74) is 5.73. The highest BCUT2D eigenvalue weighted by Gasteiger charge is 2.19. The summed E-state index contributed by atoms with van der Waals surface area (Å²) in [4.78, 5) is 12.2. The third kappa shape index (κ3) is 4.03. The van der Waals surface area contributed by atoms with Crippen LogP contribution < -0.4 is 25.3 Å². The second-order valence-corrected chi connectivity index (χ2v) is 5.08. The molecule has 1 rings (SSSR count). The number of methoxy groups -OCH3 is 3. The molecule has 0 aliphatic heterocycles. The van der Waals surface area contributed by atoms with Crippen molar-refractivity contribution in [1.82, 2.24) is 5.32 Å².